The van der Waals surface area contributed by atoms with E-state index in [1.807, 2.05) is 30.3 Å². The second-order valence-electron chi connectivity index (χ2n) is 6.36. The van der Waals surface area contributed by atoms with E-state index in [1.54, 1.807) is 11.6 Å². The first-order valence-electron chi connectivity index (χ1n) is 8.65. The van der Waals surface area contributed by atoms with Crippen molar-refractivity contribution < 1.29 is 18.0 Å². The third-order valence-corrected chi connectivity index (χ3v) is 5.17. The summed E-state index contributed by atoms with van der Waals surface area (Å²) in [6.45, 7) is 0. The number of hydrogen-bond acceptors (Lipinski definition) is 4. The van der Waals surface area contributed by atoms with Gasteiger partial charge in [-0.15, -0.1) is 11.3 Å². The number of para-hydroxylation sites is 1. The normalized spacial score (nSPS) is 11.6. The number of benzene rings is 2. The van der Waals surface area contributed by atoms with Crippen LogP contribution in [-0.2, 0) is 17.4 Å². The monoisotopic (exact) mass is 413 g/mol. The molecule has 0 fully saturated rings. The number of aromatic nitrogens is 2. The van der Waals surface area contributed by atoms with E-state index in [0.717, 1.165) is 23.0 Å². The number of pyridine rings is 1. The molecule has 1 N–H and O–H groups in total. The molecule has 0 radical (unpaired) electrons. The predicted molar refractivity (Wildman–Crippen MR) is 107 cm³/mol. The largest absolute Gasteiger partial charge is 0.416 e. The Hall–Kier alpha value is -3.26. The van der Waals surface area contributed by atoms with Crippen LogP contribution in [0.3, 0.4) is 0 Å². The second-order valence-corrected chi connectivity index (χ2v) is 7.22. The molecule has 146 valence electrons. The van der Waals surface area contributed by atoms with Crippen molar-refractivity contribution in [1.29, 1.82) is 0 Å². The van der Waals surface area contributed by atoms with Crippen LogP contribution >= 0.6 is 11.3 Å². The van der Waals surface area contributed by atoms with Gasteiger partial charge >= 0.3 is 6.18 Å². The van der Waals surface area contributed by atoms with Gasteiger partial charge in [0.25, 0.3) is 0 Å². The van der Waals surface area contributed by atoms with Gasteiger partial charge in [0.15, 0.2) is 0 Å². The van der Waals surface area contributed by atoms with E-state index in [9.17, 15) is 18.0 Å². The van der Waals surface area contributed by atoms with E-state index in [1.165, 1.54) is 23.5 Å². The van der Waals surface area contributed by atoms with Crippen LogP contribution in [0.2, 0.25) is 0 Å². The molecule has 4 aromatic rings. The van der Waals surface area contributed by atoms with Gasteiger partial charge in [-0.05, 0) is 24.3 Å². The predicted octanol–water partition coefficient (Wildman–Crippen LogP) is 5.56. The quantitative estimate of drug-likeness (QED) is 0.477. The lowest BCUT2D eigenvalue weighted by molar-refractivity contribution is -0.137. The number of thiazole rings is 1. The SMILES string of the molecule is O=C(Cc1csc(-c2ccc(C(F)(F)F)cc2)n1)Nc1cnc2ccccc2c1. The van der Waals surface area contributed by atoms with E-state index in [4.69, 9.17) is 0 Å². The Morgan fingerprint density at radius 3 is 2.59 bits per heavy atom. The Labute approximate surface area is 168 Å². The lowest BCUT2D eigenvalue weighted by atomic mass is 10.1. The maximum Gasteiger partial charge on any atom is 0.416 e. The van der Waals surface area contributed by atoms with Crippen LogP contribution in [-0.4, -0.2) is 15.9 Å². The molecule has 0 aliphatic carbocycles. The number of amides is 1. The van der Waals surface area contributed by atoms with E-state index < -0.39 is 11.7 Å². The number of nitrogens with zero attached hydrogens (tertiary/aromatic N) is 2. The highest BCUT2D eigenvalue weighted by Crippen LogP contribution is 2.31. The van der Waals surface area contributed by atoms with Crippen molar-refractivity contribution in [1.82, 2.24) is 9.97 Å². The number of anilines is 1. The topological polar surface area (TPSA) is 54.9 Å². The summed E-state index contributed by atoms with van der Waals surface area (Å²) in [5, 5.41) is 6.00. The van der Waals surface area contributed by atoms with Crippen molar-refractivity contribution in [2.24, 2.45) is 0 Å². The zero-order chi connectivity index (χ0) is 20.4. The maximum atomic E-state index is 12.7. The van der Waals surface area contributed by atoms with Crippen LogP contribution in [0.25, 0.3) is 21.5 Å². The number of hydrogen-bond donors (Lipinski definition) is 1. The number of fused-ring (bicyclic) bond motifs is 1. The molecule has 0 spiro atoms. The van der Waals surface area contributed by atoms with Crippen molar-refractivity contribution in [2.45, 2.75) is 12.6 Å². The van der Waals surface area contributed by atoms with Crippen molar-refractivity contribution in [3.05, 3.63) is 77.4 Å². The third kappa shape index (κ3) is 4.43. The number of carbonyl (C=O) groups excluding carboxylic acids is 1. The van der Waals surface area contributed by atoms with Gasteiger partial charge in [-0.25, -0.2) is 4.98 Å². The average molecular weight is 413 g/mol. The molecule has 0 bridgehead atoms. The Morgan fingerprint density at radius 1 is 1.07 bits per heavy atom. The highest BCUT2D eigenvalue weighted by molar-refractivity contribution is 7.13. The van der Waals surface area contributed by atoms with E-state index in [2.05, 4.69) is 15.3 Å². The van der Waals surface area contributed by atoms with Crippen molar-refractivity contribution in [2.75, 3.05) is 5.32 Å². The molecule has 0 atom stereocenters. The minimum Gasteiger partial charge on any atom is -0.324 e. The van der Waals surface area contributed by atoms with E-state index in [-0.39, 0.29) is 12.3 Å². The molecule has 0 aliphatic rings. The summed E-state index contributed by atoms with van der Waals surface area (Å²) in [6, 6.07) is 14.2. The summed E-state index contributed by atoms with van der Waals surface area (Å²) in [4.78, 5) is 21.0. The van der Waals surface area contributed by atoms with Crippen LogP contribution < -0.4 is 5.32 Å². The second kappa shape index (κ2) is 7.63. The van der Waals surface area contributed by atoms with Crippen molar-refractivity contribution in [3.63, 3.8) is 0 Å². The maximum absolute atomic E-state index is 12.7. The zero-order valence-electron chi connectivity index (χ0n) is 14.9. The molecule has 0 unspecified atom stereocenters. The molecule has 2 aromatic heterocycles. The Balaban J connectivity index is 1.43. The summed E-state index contributed by atoms with van der Waals surface area (Å²) in [7, 11) is 0. The van der Waals surface area contributed by atoms with Crippen LogP contribution in [0.15, 0.2) is 66.2 Å². The molecular weight excluding hydrogens is 399 g/mol. The zero-order valence-corrected chi connectivity index (χ0v) is 15.7. The van der Waals surface area contributed by atoms with Crippen molar-refractivity contribution >= 4 is 33.8 Å². The first kappa shape index (κ1) is 19.1. The molecule has 0 saturated carbocycles. The fourth-order valence-corrected chi connectivity index (χ4v) is 3.66. The fourth-order valence-electron chi connectivity index (χ4n) is 2.83. The van der Waals surface area contributed by atoms with Gasteiger partial charge in [0.05, 0.1) is 35.1 Å². The Kier molecular flexibility index (Phi) is 5.02. The Morgan fingerprint density at radius 2 is 1.83 bits per heavy atom. The molecule has 2 heterocycles. The molecule has 0 saturated heterocycles. The van der Waals surface area contributed by atoms with Gasteiger partial charge in [-0.1, -0.05) is 30.3 Å². The van der Waals surface area contributed by atoms with Gasteiger partial charge in [-0.3, -0.25) is 9.78 Å². The fraction of sp³-hybridized carbons (Fsp3) is 0.0952. The summed E-state index contributed by atoms with van der Waals surface area (Å²) < 4.78 is 38.0. The van der Waals surface area contributed by atoms with Gasteiger partial charge in [-0.2, -0.15) is 13.2 Å². The highest BCUT2D eigenvalue weighted by atomic mass is 32.1. The summed E-state index contributed by atoms with van der Waals surface area (Å²) in [5.74, 6) is -0.244. The first-order chi connectivity index (χ1) is 13.9. The van der Waals surface area contributed by atoms with Crippen LogP contribution in [0.5, 0.6) is 0 Å². The molecule has 8 heteroatoms. The lowest BCUT2D eigenvalue weighted by Gasteiger charge is -2.06. The van der Waals surface area contributed by atoms with E-state index in [0.29, 0.717) is 22.0 Å². The number of alkyl halides is 3. The molecule has 4 rings (SSSR count). The average Bonchev–Trinajstić information content (AvgIpc) is 3.15. The third-order valence-electron chi connectivity index (χ3n) is 4.23. The number of carbonyl (C=O) groups is 1. The highest BCUT2D eigenvalue weighted by Gasteiger charge is 2.30. The molecular formula is C21H14F3N3OS. The minimum atomic E-state index is -4.37. The summed E-state index contributed by atoms with van der Waals surface area (Å²) in [5.41, 5.74) is 1.85. The van der Waals surface area contributed by atoms with Crippen LogP contribution in [0, 0.1) is 0 Å². The molecule has 2 aromatic carbocycles. The first-order valence-corrected chi connectivity index (χ1v) is 9.53. The number of rotatable bonds is 4. The number of halogens is 3. The van der Waals surface area contributed by atoms with Crippen LogP contribution in [0.4, 0.5) is 18.9 Å². The lowest BCUT2D eigenvalue weighted by Crippen LogP contribution is -2.14. The number of nitrogens with one attached hydrogen (secondary N) is 1. The van der Waals surface area contributed by atoms with Gasteiger partial charge in [0.2, 0.25) is 5.91 Å². The van der Waals surface area contributed by atoms with Gasteiger partial charge in [0, 0.05) is 16.3 Å². The van der Waals surface area contributed by atoms with E-state index >= 15 is 0 Å². The van der Waals surface area contributed by atoms with Crippen LogP contribution in [0.1, 0.15) is 11.3 Å². The molecule has 1 amide bonds. The minimum absolute atomic E-state index is 0.0595. The Bertz CT molecular complexity index is 1170. The molecule has 4 nitrogen and oxygen atoms in total. The molecule has 29 heavy (non-hydrogen) atoms. The molecule has 0 aliphatic heterocycles. The summed E-state index contributed by atoms with van der Waals surface area (Å²) in [6.07, 6.45) is -2.72. The van der Waals surface area contributed by atoms with Crippen molar-refractivity contribution in [3.8, 4) is 10.6 Å². The standard InChI is InChI=1S/C21H14F3N3OS/c22-21(23,24)15-7-5-13(6-8-15)20-27-17(12-29-20)10-19(28)26-16-9-14-3-1-2-4-18(14)25-11-16/h1-9,11-12H,10H2,(H,26,28). The van der Waals surface area contributed by atoms with Gasteiger partial charge in [0.1, 0.15) is 5.01 Å². The van der Waals surface area contributed by atoms with Gasteiger partial charge < -0.3 is 5.32 Å². The summed E-state index contributed by atoms with van der Waals surface area (Å²) >= 11 is 1.28. The smallest absolute Gasteiger partial charge is 0.324 e.